The van der Waals surface area contributed by atoms with Crippen LogP contribution in [0.5, 0.6) is 0 Å². The van der Waals surface area contributed by atoms with E-state index >= 15 is 0 Å². The summed E-state index contributed by atoms with van der Waals surface area (Å²) >= 11 is 0. The van der Waals surface area contributed by atoms with Crippen molar-refractivity contribution in [1.82, 2.24) is 4.72 Å². The smallest absolute Gasteiger partial charge is 0.208 e. The first-order valence-electron chi connectivity index (χ1n) is 6.13. The number of rotatable bonds is 3. The molecule has 96 valence electrons. The summed E-state index contributed by atoms with van der Waals surface area (Å²) in [5.41, 5.74) is 0.391. The fourth-order valence-corrected chi connectivity index (χ4v) is 3.49. The highest BCUT2D eigenvalue weighted by molar-refractivity contribution is 7.88. The predicted molar refractivity (Wildman–Crippen MR) is 67.8 cm³/mol. The fourth-order valence-electron chi connectivity index (χ4n) is 2.65. The highest BCUT2D eigenvalue weighted by Crippen LogP contribution is 2.34. The molecule has 0 atom stereocenters. The first-order valence-corrected chi connectivity index (χ1v) is 8.02. The molecule has 1 saturated carbocycles. The van der Waals surface area contributed by atoms with Crippen LogP contribution >= 0.6 is 0 Å². The molecule has 1 aliphatic rings. The van der Waals surface area contributed by atoms with Crippen LogP contribution < -0.4 is 4.72 Å². The third-order valence-corrected chi connectivity index (χ3v) is 3.89. The summed E-state index contributed by atoms with van der Waals surface area (Å²) in [6, 6.07) is 0.172. The molecule has 1 fully saturated rings. The van der Waals surface area contributed by atoms with Crippen LogP contribution in [-0.2, 0) is 10.0 Å². The van der Waals surface area contributed by atoms with Gasteiger partial charge in [-0.3, -0.25) is 0 Å². The van der Waals surface area contributed by atoms with Gasteiger partial charge < -0.3 is 0 Å². The Bertz CT molecular complexity index is 308. The SMILES string of the molecule is CC(C)(C)C[C@H]1CC[C@H](NS(C)(=O)=O)CC1. The molecule has 0 aromatic heterocycles. The first kappa shape index (κ1) is 14.0. The second kappa shape index (κ2) is 5.05. The zero-order chi connectivity index (χ0) is 12.4. The van der Waals surface area contributed by atoms with Crippen molar-refractivity contribution in [3.05, 3.63) is 0 Å². The molecular formula is C12H25NO2S. The van der Waals surface area contributed by atoms with Gasteiger partial charge in [0.2, 0.25) is 10.0 Å². The van der Waals surface area contributed by atoms with Gasteiger partial charge in [-0.2, -0.15) is 0 Å². The second-order valence-corrected chi connectivity index (χ2v) is 8.15. The Morgan fingerprint density at radius 2 is 1.62 bits per heavy atom. The third-order valence-electron chi connectivity index (χ3n) is 3.13. The van der Waals surface area contributed by atoms with Crippen LogP contribution in [0, 0.1) is 11.3 Å². The molecule has 0 amide bonds. The summed E-state index contributed by atoms with van der Waals surface area (Å²) < 4.78 is 24.9. The van der Waals surface area contributed by atoms with Crippen LogP contribution in [0.4, 0.5) is 0 Å². The molecule has 1 rings (SSSR count). The normalized spacial score (nSPS) is 28.0. The Labute approximate surface area is 100 Å². The molecule has 1 N–H and O–H groups in total. The van der Waals surface area contributed by atoms with Crippen molar-refractivity contribution in [2.75, 3.05) is 6.26 Å². The van der Waals surface area contributed by atoms with E-state index in [9.17, 15) is 8.42 Å². The maximum atomic E-state index is 11.1. The van der Waals surface area contributed by atoms with Crippen LogP contribution in [0.15, 0.2) is 0 Å². The maximum absolute atomic E-state index is 11.1. The summed E-state index contributed by atoms with van der Waals surface area (Å²) in [6.07, 6.45) is 6.80. The minimum atomic E-state index is -3.03. The quantitative estimate of drug-likeness (QED) is 0.833. The number of hydrogen-bond acceptors (Lipinski definition) is 2. The van der Waals surface area contributed by atoms with Gasteiger partial charge in [-0.15, -0.1) is 0 Å². The van der Waals surface area contributed by atoms with Gasteiger partial charge in [-0.25, -0.2) is 13.1 Å². The Hall–Kier alpha value is -0.0900. The Kier molecular flexibility index (Phi) is 4.41. The van der Waals surface area contributed by atoms with E-state index in [2.05, 4.69) is 25.5 Å². The van der Waals surface area contributed by atoms with Crippen LogP contribution in [0.3, 0.4) is 0 Å². The lowest BCUT2D eigenvalue weighted by atomic mass is 9.76. The lowest BCUT2D eigenvalue weighted by molar-refractivity contribution is 0.224. The van der Waals surface area contributed by atoms with Gasteiger partial charge in [0.15, 0.2) is 0 Å². The highest BCUT2D eigenvalue weighted by atomic mass is 32.2. The van der Waals surface area contributed by atoms with E-state index in [4.69, 9.17) is 0 Å². The largest absolute Gasteiger partial charge is 0.213 e. The van der Waals surface area contributed by atoms with E-state index < -0.39 is 10.0 Å². The molecule has 0 saturated heterocycles. The molecule has 0 aromatic rings. The molecule has 0 spiro atoms. The zero-order valence-corrected chi connectivity index (χ0v) is 11.7. The zero-order valence-electron chi connectivity index (χ0n) is 10.9. The van der Waals surface area contributed by atoms with Gasteiger partial charge in [-0.1, -0.05) is 20.8 Å². The minimum Gasteiger partial charge on any atom is -0.213 e. The van der Waals surface area contributed by atoms with Gasteiger partial charge >= 0.3 is 0 Å². The number of sulfonamides is 1. The average molecular weight is 247 g/mol. The molecule has 3 nitrogen and oxygen atoms in total. The van der Waals surface area contributed by atoms with E-state index in [0.29, 0.717) is 5.41 Å². The maximum Gasteiger partial charge on any atom is 0.208 e. The van der Waals surface area contributed by atoms with Crippen molar-refractivity contribution in [1.29, 1.82) is 0 Å². The van der Waals surface area contributed by atoms with E-state index in [1.54, 1.807) is 0 Å². The molecule has 4 heteroatoms. The Morgan fingerprint density at radius 3 is 2.00 bits per heavy atom. The first-order chi connectivity index (χ1) is 7.16. The van der Waals surface area contributed by atoms with Crippen LogP contribution in [0.1, 0.15) is 52.9 Å². The van der Waals surface area contributed by atoms with E-state index in [1.807, 2.05) is 0 Å². The summed E-state index contributed by atoms with van der Waals surface area (Å²) in [4.78, 5) is 0. The summed E-state index contributed by atoms with van der Waals surface area (Å²) in [5, 5.41) is 0. The molecule has 1 aliphatic carbocycles. The predicted octanol–water partition coefficient (Wildman–Crippen LogP) is 2.53. The fraction of sp³-hybridized carbons (Fsp3) is 1.00. The molecule has 0 aromatic carbocycles. The van der Waals surface area contributed by atoms with Crippen molar-refractivity contribution < 1.29 is 8.42 Å². The molecule has 0 bridgehead atoms. The van der Waals surface area contributed by atoms with Gasteiger partial charge in [-0.05, 0) is 43.4 Å². The van der Waals surface area contributed by atoms with Gasteiger partial charge in [0, 0.05) is 6.04 Å². The van der Waals surface area contributed by atoms with Crippen molar-refractivity contribution in [3.63, 3.8) is 0 Å². The van der Waals surface area contributed by atoms with Crippen molar-refractivity contribution >= 4 is 10.0 Å². The van der Waals surface area contributed by atoms with Crippen LogP contribution in [0.2, 0.25) is 0 Å². The summed E-state index contributed by atoms with van der Waals surface area (Å²) in [5.74, 6) is 0.776. The number of nitrogens with one attached hydrogen (secondary N) is 1. The topological polar surface area (TPSA) is 46.2 Å². The standard InChI is InChI=1S/C12H25NO2S/c1-12(2,3)9-10-5-7-11(8-6-10)13-16(4,14)15/h10-11,13H,5-9H2,1-4H3/t10-,11-. The average Bonchev–Trinajstić information content (AvgIpc) is 2.03. The monoisotopic (exact) mass is 247 g/mol. The van der Waals surface area contributed by atoms with Crippen LogP contribution in [-0.4, -0.2) is 20.7 Å². The molecule has 0 unspecified atom stereocenters. The minimum absolute atomic E-state index is 0.172. The molecular weight excluding hydrogens is 222 g/mol. The van der Waals surface area contributed by atoms with Crippen molar-refractivity contribution in [2.24, 2.45) is 11.3 Å². The van der Waals surface area contributed by atoms with Gasteiger partial charge in [0.1, 0.15) is 0 Å². The van der Waals surface area contributed by atoms with Gasteiger partial charge in [0.05, 0.1) is 6.26 Å². The van der Waals surface area contributed by atoms with E-state index in [1.165, 1.54) is 12.7 Å². The molecule has 0 radical (unpaired) electrons. The molecule has 16 heavy (non-hydrogen) atoms. The van der Waals surface area contributed by atoms with E-state index in [-0.39, 0.29) is 6.04 Å². The van der Waals surface area contributed by atoms with Crippen molar-refractivity contribution in [2.45, 2.75) is 58.9 Å². The summed E-state index contributed by atoms with van der Waals surface area (Å²) in [7, 11) is -3.03. The third kappa shape index (κ3) is 5.85. The molecule has 0 aliphatic heterocycles. The highest BCUT2D eigenvalue weighted by Gasteiger charge is 2.26. The lowest BCUT2D eigenvalue weighted by Gasteiger charge is -2.32. The van der Waals surface area contributed by atoms with Crippen LogP contribution in [0.25, 0.3) is 0 Å². The van der Waals surface area contributed by atoms with Gasteiger partial charge in [0.25, 0.3) is 0 Å². The Morgan fingerprint density at radius 1 is 1.12 bits per heavy atom. The summed E-state index contributed by atoms with van der Waals surface area (Å²) in [6.45, 7) is 6.82. The molecule has 0 heterocycles. The van der Waals surface area contributed by atoms with Crippen molar-refractivity contribution in [3.8, 4) is 0 Å². The lowest BCUT2D eigenvalue weighted by Crippen LogP contribution is -2.37. The van der Waals surface area contributed by atoms with E-state index in [0.717, 1.165) is 31.6 Å². The second-order valence-electron chi connectivity index (χ2n) is 6.37. The number of hydrogen-bond donors (Lipinski definition) is 1. The Balaban J connectivity index is 2.34.